The lowest BCUT2D eigenvalue weighted by Gasteiger charge is -2.37. The van der Waals surface area contributed by atoms with Crippen molar-refractivity contribution in [3.05, 3.63) is 64.5 Å². The van der Waals surface area contributed by atoms with Gasteiger partial charge < -0.3 is 30.5 Å². The van der Waals surface area contributed by atoms with Crippen molar-refractivity contribution in [1.82, 2.24) is 15.5 Å². The Kier molecular flexibility index (Phi) is 10.6. The summed E-state index contributed by atoms with van der Waals surface area (Å²) in [6.07, 6.45) is -4.66. The van der Waals surface area contributed by atoms with E-state index in [0.717, 1.165) is 4.90 Å². The number of nitrogens with one attached hydrogen (secondary N) is 2. The molecule has 1 unspecified atom stereocenters. The van der Waals surface area contributed by atoms with E-state index in [-0.39, 0.29) is 5.56 Å². The maximum Gasteiger partial charge on any atom is 0.329 e. The summed E-state index contributed by atoms with van der Waals surface area (Å²) in [5.74, 6) is -17.9. The molecule has 0 spiro atoms. The van der Waals surface area contributed by atoms with Gasteiger partial charge in [0.15, 0.2) is 23.3 Å². The number of carbonyl (C=O) groups is 4. The van der Waals surface area contributed by atoms with Gasteiger partial charge >= 0.3 is 5.97 Å². The van der Waals surface area contributed by atoms with Crippen molar-refractivity contribution in [2.24, 2.45) is 11.8 Å². The van der Waals surface area contributed by atoms with E-state index in [0.29, 0.717) is 0 Å². The Bertz CT molecular complexity index is 1430. The second-order valence-corrected chi connectivity index (χ2v) is 10.9. The minimum atomic E-state index is -2.42. The number of rotatable bonds is 5. The maximum absolute atomic E-state index is 14.7. The molecule has 3 amide bonds. The summed E-state index contributed by atoms with van der Waals surface area (Å²) in [5, 5.41) is 25.8. The van der Waals surface area contributed by atoms with E-state index < -0.39 is 113 Å². The third kappa shape index (κ3) is 6.77. The first-order valence-corrected chi connectivity index (χ1v) is 13.5. The van der Waals surface area contributed by atoms with Crippen LogP contribution < -0.4 is 10.6 Å². The molecular weight excluding hydrogens is 597 g/mol. The molecule has 44 heavy (non-hydrogen) atoms. The molecule has 2 aromatic rings. The largest absolute Gasteiger partial charge is 0.507 e. The van der Waals surface area contributed by atoms with Gasteiger partial charge in [0.1, 0.15) is 23.9 Å². The van der Waals surface area contributed by atoms with Gasteiger partial charge in [0.05, 0.1) is 23.6 Å². The van der Waals surface area contributed by atoms with Gasteiger partial charge in [0, 0.05) is 19.0 Å². The number of carbonyl (C=O) groups excluding carboxylic acids is 4. The van der Waals surface area contributed by atoms with Gasteiger partial charge in [-0.25, -0.2) is 26.7 Å². The molecule has 1 saturated heterocycles. The zero-order valence-corrected chi connectivity index (χ0v) is 24.3. The van der Waals surface area contributed by atoms with Crippen LogP contribution in [0.15, 0.2) is 24.3 Å². The monoisotopic (exact) mass is 629 g/mol. The summed E-state index contributed by atoms with van der Waals surface area (Å²) >= 11 is 0. The molecule has 2 aromatic carbocycles. The quantitative estimate of drug-likeness (QED) is 0.172. The van der Waals surface area contributed by atoms with Crippen LogP contribution in [0.3, 0.4) is 0 Å². The molecular formula is C29H32F5N3O7. The van der Waals surface area contributed by atoms with Crippen LogP contribution in [0.5, 0.6) is 5.75 Å². The molecule has 1 heterocycles. The van der Waals surface area contributed by atoms with Crippen molar-refractivity contribution in [1.29, 1.82) is 0 Å². The number of cyclic esters (lactones) is 1. The van der Waals surface area contributed by atoms with Gasteiger partial charge in [0.2, 0.25) is 17.6 Å². The molecule has 240 valence electrons. The third-order valence-corrected chi connectivity index (χ3v) is 7.49. The molecule has 0 aliphatic carbocycles. The molecule has 0 radical (unpaired) electrons. The molecule has 1 aliphatic heterocycles. The average Bonchev–Trinajstić information content (AvgIpc) is 2.97. The van der Waals surface area contributed by atoms with Crippen LogP contribution in [-0.4, -0.2) is 76.2 Å². The number of aliphatic hydroxyl groups is 1. The molecule has 0 aromatic heterocycles. The number of esters is 1. The number of halogens is 5. The van der Waals surface area contributed by atoms with E-state index in [1.807, 2.05) is 0 Å². The van der Waals surface area contributed by atoms with Crippen LogP contribution in [0.1, 0.15) is 43.6 Å². The van der Waals surface area contributed by atoms with Gasteiger partial charge in [-0.15, -0.1) is 0 Å². The lowest BCUT2D eigenvalue weighted by molar-refractivity contribution is -0.164. The number of hydrogen-bond donors (Lipinski definition) is 4. The van der Waals surface area contributed by atoms with Crippen LogP contribution in [0.25, 0.3) is 0 Å². The highest BCUT2D eigenvalue weighted by Crippen LogP contribution is 2.27. The van der Waals surface area contributed by atoms with Crippen LogP contribution in [-0.2, 0) is 25.5 Å². The maximum atomic E-state index is 14.7. The van der Waals surface area contributed by atoms with E-state index >= 15 is 0 Å². The number of nitrogens with zero attached hydrogens (tertiary/aromatic N) is 1. The summed E-state index contributed by atoms with van der Waals surface area (Å²) in [4.78, 5) is 54.1. The van der Waals surface area contributed by atoms with Crippen molar-refractivity contribution in [2.75, 3.05) is 7.05 Å². The highest BCUT2D eigenvalue weighted by Gasteiger charge is 2.42. The zero-order valence-electron chi connectivity index (χ0n) is 24.3. The first-order valence-electron chi connectivity index (χ1n) is 13.5. The van der Waals surface area contributed by atoms with Crippen LogP contribution in [0.2, 0.25) is 0 Å². The SMILES string of the molecule is CC(C)C1C(=O)O[C@H](C)[C@H](NC(=O)c2ccccc2O)C(=O)N[C@@H](Cc2c(F)c(F)c(F)c(F)c2F)[C@@H](O)[C@@H](C)C(=O)N1C. The van der Waals surface area contributed by atoms with Crippen LogP contribution in [0.4, 0.5) is 22.0 Å². The standard InChI is InChI=1S/C29H32F5N3O7/c1-11(2)24-29(43)44-13(4)23(36-26(40)14-8-6-7-9-17(14)38)27(41)35-16(25(39)12(3)28(42)37(24)5)10-15-18(30)20(32)22(34)21(33)19(15)31/h6-9,11-13,16,23-25,38-39H,10H2,1-5H3,(H,35,41)(H,36,40)/t12-,13-,16+,23+,24?,25+/m1/s1. The Labute approximate surface area is 249 Å². The Morgan fingerprint density at radius 3 is 2.09 bits per heavy atom. The van der Waals surface area contributed by atoms with E-state index in [9.17, 15) is 51.3 Å². The summed E-state index contributed by atoms with van der Waals surface area (Å²) in [5.41, 5.74) is -1.65. The molecule has 15 heteroatoms. The van der Waals surface area contributed by atoms with E-state index in [1.165, 1.54) is 45.2 Å². The third-order valence-electron chi connectivity index (χ3n) is 7.49. The fourth-order valence-corrected chi connectivity index (χ4v) is 5.01. The number of phenolic OH excluding ortho intramolecular Hbond substituents is 1. The molecule has 0 saturated carbocycles. The Hall–Kier alpha value is -4.27. The first-order chi connectivity index (χ1) is 20.5. The molecule has 4 N–H and O–H groups in total. The zero-order chi connectivity index (χ0) is 33.2. The van der Waals surface area contributed by atoms with E-state index in [4.69, 9.17) is 4.74 Å². The molecule has 0 bridgehead atoms. The number of benzene rings is 2. The summed E-state index contributed by atoms with van der Waals surface area (Å²) in [7, 11) is 1.24. The predicted molar refractivity (Wildman–Crippen MR) is 143 cm³/mol. The number of para-hydroxylation sites is 1. The highest BCUT2D eigenvalue weighted by molar-refractivity contribution is 6.00. The van der Waals surface area contributed by atoms with Gasteiger partial charge in [0.25, 0.3) is 5.91 Å². The Morgan fingerprint density at radius 2 is 1.55 bits per heavy atom. The number of phenols is 1. The lowest BCUT2D eigenvalue weighted by atomic mass is 9.90. The number of amides is 3. The predicted octanol–water partition coefficient (Wildman–Crippen LogP) is 2.34. The smallest absolute Gasteiger partial charge is 0.329 e. The van der Waals surface area contributed by atoms with Crippen molar-refractivity contribution in [3.8, 4) is 5.75 Å². The van der Waals surface area contributed by atoms with Crippen molar-refractivity contribution >= 4 is 23.7 Å². The second kappa shape index (κ2) is 13.6. The second-order valence-electron chi connectivity index (χ2n) is 10.9. The molecule has 6 atom stereocenters. The topological polar surface area (TPSA) is 145 Å². The Morgan fingerprint density at radius 1 is 1.00 bits per heavy atom. The summed E-state index contributed by atoms with van der Waals surface area (Å²) < 4.78 is 76.5. The Balaban J connectivity index is 2.14. The van der Waals surface area contributed by atoms with Crippen LogP contribution >= 0.6 is 0 Å². The van der Waals surface area contributed by atoms with Gasteiger partial charge in [-0.2, -0.15) is 0 Å². The van der Waals surface area contributed by atoms with E-state index in [1.54, 1.807) is 13.8 Å². The van der Waals surface area contributed by atoms with Crippen molar-refractivity contribution in [2.45, 2.75) is 64.4 Å². The van der Waals surface area contributed by atoms with E-state index in [2.05, 4.69) is 10.6 Å². The normalized spacial score (nSPS) is 25.2. The molecule has 3 rings (SSSR count). The fraction of sp³-hybridized carbons (Fsp3) is 0.448. The number of hydrogen-bond acceptors (Lipinski definition) is 7. The van der Waals surface area contributed by atoms with Crippen molar-refractivity contribution < 1.29 is 56.1 Å². The number of aliphatic hydroxyl groups excluding tert-OH is 1. The molecule has 10 nitrogen and oxygen atoms in total. The first kappa shape index (κ1) is 34.2. The molecule has 1 fully saturated rings. The summed E-state index contributed by atoms with van der Waals surface area (Å²) in [6.45, 7) is 5.57. The lowest BCUT2D eigenvalue weighted by Crippen LogP contribution is -2.61. The van der Waals surface area contributed by atoms with Crippen LogP contribution in [0, 0.1) is 40.9 Å². The fourth-order valence-electron chi connectivity index (χ4n) is 5.01. The summed E-state index contributed by atoms with van der Waals surface area (Å²) in [6, 6.07) is 0.351. The van der Waals surface area contributed by atoms with Gasteiger partial charge in [-0.3, -0.25) is 14.4 Å². The highest BCUT2D eigenvalue weighted by atomic mass is 19.2. The minimum Gasteiger partial charge on any atom is -0.507 e. The number of ether oxygens (including phenoxy) is 1. The van der Waals surface area contributed by atoms with Gasteiger partial charge in [-0.05, 0) is 25.0 Å². The number of likely N-dealkylation sites (N-methyl/N-ethyl adjacent to an activating group) is 1. The van der Waals surface area contributed by atoms with Crippen molar-refractivity contribution in [3.63, 3.8) is 0 Å². The van der Waals surface area contributed by atoms with Gasteiger partial charge in [-0.1, -0.05) is 32.9 Å². The average molecular weight is 630 g/mol. The number of aromatic hydroxyl groups is 1. The molecule has 1 aliphatic rings. The minimum absolute atomic E-state index is 0.276.